The van der Waals surface area contributed by atoms with Gasteiger partial charge in [0.15, 0.2) is 0 Å². The van der Waals surface area contributed by atoms with E-state index in [9.17, 15) is 5.11 Å². The molecule has 2 aromatic rings. The maximum atomic E-state index is 9.99. The van der Waals surface area contributed by atoms with E-state index in [0.717, 1.165) is 36.3 Å². The van der Waals surface area contributed by atoms with Gasteiger partial charge in [0.1, 0.15) is 11.6 Å². The number of hydrogen-bond donors (Lipinski definition) is 2. The van der Waals surface area contributed by atoms with Crippen molar-refractivity contribution in [3.05, 3.63) is 30.3 Å². The Hall–Kier alpha value is -2.01. The van der Waals surface area contributed by atoms with Gasteiger partial charge >= 0.3 is 0 Å². The van der Waals surface area contributed by atoms with Gasteiger partial charge in [-0.2, -0.15) is 5.10 Å². The molecule has 0 spiro atoms. The van der Waals surface area contributed by atoms with E-state index in [4.69, 9.17) is 10.5 Å². The molecule has 20 heavy (non-hydrogen) atoms. The van der Waals surface area contributed by atoms with Gasteiger partial charge in [-0.15, -0.1) is 0 Å². The predicted octanol–water partition coefficient (Wildman–Crippen LogP) is 2.23. The summed E-state index contributed by atoms with van der Waals surface area (Å²) in [6.45, 7) is 0. The Morgan fingerprint density at radius 3 is 2.90 bits per heavy atom. The van der Waals surface area contributed by atoms with Crippen LogP contribution in [0.4, 0.5) is 5.82 Å². The number of nitrogens with zero attached hydrogens (tertiary/aromatic N) is 2. The van der Waals surface area contributed by atoms with E-state index in [-0.39, 0.29) is 12.1 Å². The van der Waals surface area contributed by atoms with Gasteiger partial charge in [0, 0.05) is 11.6 Å². The summed E-state index contributed by atoms with van der Waals surface area (Å²) in [6.07, 6.45) is 2.40. The molecule has 1 aliphatic rings. The normalized spacial score (nSPS) is 22.1. The number of hydrogen-bond acceptors (Lipinski definition) is 4. The second-order valence-corrected chi connectivity index (χ2v) is 5.20. The summed E-state index contributed by atoms with van der Waals surface area (Å²) in [6, 6.07) is 9.56. The molecule has 1 heterocycles. The van der Waals surface area contributed by atoms with Crippen LogP contribution >= 0.6 is 0 Å². The average molecular weight is 273 g/mol. The van der Waals surface area contributed by atoms with Gasteiger partial charge in [0.25, 0.3) is 0 Å². The Bertz CT molecular complexity index is 609. The number of anilines is 1. The number of aromatic nitrogens is 2. The molecule has 0 aliphatic heterocycles. The third-order valence-electron chi connectivity index (χ3n) is 3.89. The van der Waals surface area contributed by atoms with E-state index in [1.165, 1.54) is 0 Å². The molecule has 1 saturated carbocycles. The molecular weight excluding hydrogens is 254 g/mol. The molecule has 1 aliphatic carbocycles. The Morgan fingerprint density at radius 1 is 1.35 bits per heavy atom. The number of aliphatic hydroxyl groups excluding tert-OH is 1. The first-order chi connectivity index (χ1) is 9.69. The fourth-order valence-corrected chi connectivity index (χ4v) is 2.80. The van der Waals surface area contributed by atoms with Crippen LogP contribution in [0.2, 0.25) is 0 Å². The van der Waals surface area contributed by atoms with Crippen molar-refractivity contribution in [1.29, 1.82) is 0 Å². The number of benzene rings is 1. The van der Waals surface area contributed by atoms with Crippen molar-refractivity contribution in [3.63, 3.8) is 0 Å². The van der Waals surface area contributed by atoms with Crippen LogP contribution in [0.25, 0.3) is 11.3 Å². The van der Waals surface area contributed by atoms with Crippen molar-refractivity contribution >= 4 is 5.82 Å². The average Bonchev–Trinajstić information content (AvgIpc) is 3.04. The number of nitrogen functional groups attached to an aromatic ring is 1. The van der Waals surface area contributed by atoms with Crippen molar-refractivity contribution in [2.45, 2.75) is 31.4 Å². The third-order valence-corrected chi connectivity index (χ3v) is 3.89. The van der Waals surface area contributed by atoms with Crippen molar-refractivity contribution < 1.29 is 9.84 Å². The van der Waals surface area contributed by atoms with Crippen LogP contribution in [0.15, 0.2) is 30.3 Å². The first-order valence-corrected chi connectivity index (χ1v) is 6.86. The van der Waals surface area contributed by atoms with Gasteiger partial charge < -0.3 is 15.6 Å². The maximum absolute atomic E-state index is 9.99. The van der Waals surface area contributed by atoms with Crippen LogP contribution in [0.5, 0.6) is 5.75 Å². The van der Waals surface area contributed by atoms with Crippen molar-refractivity contribution in [2.24, 2.45) is 0 Å². The smallest absolute Gasteiger partial charge is 0.122 e. The van der Waals surface area contributed by atoms with Gasteiger partial charge in [-0.3, -0.25) is 0 Å². The van der Waals surface area contributed by atoms with E-state index in [0.29, 0.717) is 5.82 Å². The SMILES string of the molecule is COc1cccc(-c2cc(N)n(C3CCCC3O)n2)c1. The number of aliphatic hydroxyl groups is 1. The standard InChI is InChI=1S/C15H19N3O2/c1-20-11-5-2-4-10(8-11)12-9-15(16)18(17-12)13-6-3-7-14(13)19/h2,4-5,8-9,13-14,19H,3,6-7,16H2,1H3. The molecule has 5 heteroatoms. The number of nitrogens with two attached hydrogens (primary N) is 1. The van der Waals surface area contributed by atoms with Crippen molar-refractivity contribution in [3.8, 4) is 17.0 Å². The summed E-state index contributed by atoms with van der Waals surface area (Å²) >= 11 is 0. The molecule has 0 radical (unpaired) electrons. The lowest BCUT2D eigenvalue weighted by Crippen LogP contribution is -2.20. The molecule has 1 aromatic heterocycles. The van der Waals surface area contributed by atoms with Crippen LogP contribution in [-0.4, -0.2) is 28.1 Å². The highest BCUT2D eigenvalue weighted by atomic mass is 16.5. The van der Waals surface area contributed by atoms with E-state index in [1.54, 1.807) is 11.8 Å². The van der Waals surface area contributed by atoms with E-state index in [2.05, 4.69) is 5.10 Å². The van der Waals surface area contributed by atoms with Crippen LogP contribution < -0.4 is 10.5 Å². The monoisotopic (exact) mass is 273 g/mol. The Kier molecular flexibility index (Phi) is 3.36. The van der Waals surface area contributed by atoms with Gasteiger partial charge in [-0.1, -0.05) is 12.1 Å². The summed E-state index contributed by atoms with van der Waals surface area (Å²) in [5, 5.41) is 14.6. The zero-order valence-electron chi connectivity index (χ0n) is 11.5. The second kappa shape index (κ2) is 5.17. The molecule has 2 unspecified atom stereocenters. The lowest BCUT2D eigenvalue weighted by atomic mass is 10.1. The molecular formula is C15H19N3O2. The van der Waals surface area contributed by atoms with Crippen LogP contribution in [0, 0.1) is 0 Å². The van der Waals surface area contributed by atoms with E-state index in [1.807, 2.05) is 30.3 Å². The lowest BCUT2D eigenvalue weighted by molar-refractivity contribution is 0.131. The first kappa shape index (κ1) is 13.0. The fraction of sp³-hybridized carbons (Fsp3) is 0.400. The molecule has 3 N–H and O–H groups in total. The molecule has 0 bridgehead atoms. The highest BCUT2D eigenvalue weighted by Crippen LogP contribution is 2.33. The summed E-state index contributed by atoms with van der Waals surface area (Å²) in [5.74, 6) is 1.38. The number of ether oxygens (including phenoxy) is 1. The summed E-state index contributed by atoms with van der Waals surface area (Å²) in [7, 11) is 1.64. The predicted molar refractivity (Wildman–Crippen MR) is 77.5 cm³/mol. The molecule has 2 atom stereocenters. The summed E-state index contributed by atoms with van der Waals surface area (Å²) < 4.78 is 6.98. The van der Waals surface area contributed by atoms with Crippen LogP contribution in [0.1, 0.15) is 25.3 Å². The summed E-state index contributed by atoms with van der Waals surface area (Å²) in [4.78, 5) is 0. The van der Waals surface area contributed by atoms with Crippen molar-refractivity contribution in [1.82, 2.24) is 9.78 Å². The third kappa shape index (κ3) is 2.25. The summed E-state index contributed by atoms with van der Waals surface area (Å²) in [5.41, 5.74) is 7.82. The van der Waals surface area contributed by atoms with Gasteiger partial charge in [-0.05, 0) is 31.4 Å². The second-order valence-electron chi connectivity index (χ2n) is 5.20. The van der Waals surface area contributed by atoms with Gasteiger partial charge in [0.2, 0.25) is 0 Å². The van der Waals surface area contributed by atoms with Crippen LogP contribution in [0.3, 0.4) is 0 Å². The zero-order chi connectivity index (χ0) is 14.1. The largest absolute Gasteiger partial charge is 0.497 e. The Balaban J connectivity index is 1.95. The molecule has 3 rings (SSSR count). The molecule has 5 nitrogen and oxygen atoms in total. The Labute approximate surface area is 118 Å². The highest BCUT2D eigenvalue weighted by Gasteiger charge is 2.29. The van der Waals surface area contributed by atoms with Gasteiger partial charge in [-0.25, -0.2) is 4.68 Å². The molecule has 0 amide bonds. The lowest BCUT2D eigenvalue weighted by Gasteiger charge is -2.16. The first-order valence-electron chi connectivity index (χ1n) is 6.86. The minimum absolute atomic E-state index is 0.00522. The number of methoxy groups -OCH3 is 1. The molecule has 106 valence electrons. The Morgan fingerprint density at radius 2 is 2.20 bits per heavy atom. The van der Waals surface area contributed by atoms with Crippen molar-refractivity contribution in [2.75, 3.05) is 12.8 Å². The van der Waals surface area contributed by atoms with Gasteiger partial charge in [0.05, 0.1) is 24.9 Å². The quantitative estimate of drug-likeness (QED) is 0.899. The molecule has 1 aromatic carbocycles. The molecule has 0 saturated heterocycles. The minimum Gasteiger partial charge on any atom is -0.497 e. The minimum atomic E-state index is -0.352. The van der Waals surface area contributed by atoms with E-state index < -0.39 is 0 Å². The van der Waals surface area contributed by atoms with E-state index >= 15 is 0 Å². The highest BCUT2D eigenvalue weighted by molar-refractivity contribution is 5.64. The van der Waals surface area contributed by atoms with Crippen LogP contribution in [-0.2, 0) is 0 Å². The number of rotatable bonds is 3. The zero-order valence-corrected chi connectivity index (χ0v) is 11.5. The fourth-order valence-electron chi connectivity index (χ4n) is 2.80. The maximum Gasteiger partial charge on any atom is 0.122 e. The topological polar surface area (TPSA) is 73.3 Å². The molecule has 1 fully saturated rings.